The van der Waals surface area contributed by atoms with E-state index < -0.39 is 0 Å². The second kappa shape index (κ2) is 7.46. The number of rotatable bonds is 4. The lowest BCUT2D eigenvalue weighted by Crippen LogP contribution is -2.33. The van der Waals surface area contributed by atoms with E-state index in [9.17, 15) is 14.4 Å². The minimum Gasteiger partial charge on any atom is -0.342 e. The molecule has 1 unspecified atom stereocenters. The molecule has 3 aromatic rings. The zero-order valence-electron chi connectivity index (χ0n) is 17.0. The van der Waals surface area contributed by atoms with Gasteiger partial charge in [-0.05, 0) is 49.6 Å². The van der Waals surface area contributed by atoms with Gasteiger partial charge < -0.3 is 5.32 Å². The number of benzene rings is 2. The van der Waals surface area contributed by atoms with Gasteiger partial charge in [-0.3, -0.25) is 19.3 Å². The Kier molecular flexibility index (Phi) is 4.62. The average Bonchev–Trinajstić information content (AvgIpc) is 3.28. The van der Waals surface area contributed by atoms with Crippen molar-refractivity contribution in [3.8, 4) is 0 Å². The summed E-state index contributed by atoms with van der Waals surface area (Å²) < 4.78 is 1.86. The Bertz CT molecular complexity index is 1160. The van der Waals surface area contributed by atoms with E-state index in [-0.39, 0.29) is 30.3 Å². The maximum Gasteiger partial charge on any atom is 0.261 e. The van der Waals surface area contributed by atoms with Gasteiger partial charge in [-0.25, -0.2) is 9.67 Å². The number of nitrogens with zero attached hydrogens (tertiary/aromatic N) is 4. The highest BCUT2D eigenvalue weighted by Gasteiger charge is 2.35. The smallest absolute Gasteiger partial charge is 0.261 e. The SMILES string of the molecule is Cc1nc2n(n1)CCCC2NC(=O)c1ccc(CN2C(=O)c3ccccc3C2=O)cc1. The van der Waals surface area contributed by atoms with Crippen LogP contribution in [0.1, 0.15) is 67.2 Å². The van der Waals surface area contributed by atoms with Crippen molar-refractivity contribution < 1.29 is 14.4 Å². The first-order chi connectivity index (χ1) is 15.0. The van der Waals surface area contributed by atoms with Crippen molar-refractivity contribution in [2.75, 3.05) is 0 Å². The highest BCUT2D eigenvalue weighted by molar-refractivity contribution is 6.21. The van der Waals surface area contributed by atoms with Crippen molar-refractivity contribution in [1.82, 2.24) is 25.0 Å². The molecule has 0 spiro atoms. The molecule has 156 valence electrons. The van der Waals surface area contributed by atoms with Crippen molar-refractivity contribution in [2.24, 2.45) is 0 Å². The number of carbonyl (C=O) groups is 3. The molecule has 3 amide bonds. The van der Waals surface area contributed by atoms with Crippen LogP contribution in [0, 0.1) is 6.92 Å². The van der Waals surface area contributed by atoms with Crippen molar-refractivity contribution in [3.05, 3.63) is 82.4 Å². The summed E-state index contributed by atoms with van der Waals surface area (Å²) in [6.45, 7) is 2.82. The summed E-state index contributed by atoms with van der Waals surface area (Å²) in [6.07, 6.45) is 1.75. The van der Waals surface area contributed by atoms with E-state index in [1.807, 2.05) is 11.6 Å². The molecule has 8 heteroatoms. The third kappa shape index (κ3) is 3.39. The molecule has 0 saturated heterocycles. The Morgan fingerprint density at radius 3 is 2.42 bits per heavy atom. The fraction of sp³-hybridized carbons (Fsp3) is 0.261. The molecule has 1 aromatic heterocycles. The average molecular weight is 415 g/mol. The zero-order chi connectivity index (χ0) is 21.5. The van der Waals surface area contributed by atoms with E-state index in [1.165, 1.54) is 4.90 Å². The molecule has 1 N–H and O–H groups in total. The molecule has 2 aromatic carbocycles. The molecule has 31 heavy (non-hydrogen) atoms. The van der Waals surface area contributed by atoms with Crippen LogP contribution in [0.3, 0.4) is 0 Å². The molecule has 3 heterocycles. The predicted molar refractivity (Wildman–Crippen MR) is 111 cm³/mol. The van der Waals surface area contributed by atoms with Crippen molar-refractivity contribution >= 4 is 17.7 Å². The van der Waals surface area contributed by atoms with E-state index in [0.717, 1.165) is 30.8 Å². The maximum atomic E-state index is 12.8. The lowest BCUT2D eigenvalue weighted by atomic mass is 10.1. The number of aryl methyl sites for hydroxylation is 2. The molecular formula is C23H21N5O3. The Morgan fingerprint density at radius 2 is 1.74 bits per heavy atom. The lowest BCUT2D eigenvalue weighted by molar-refractivity contribution is 0.0641. The summed E-state index contributed by atoms with van der Waals surface area (Å²) in [5.41, 5.74) is 2.15. The molecule has 0 saturated carbocycles. The van der Waals surface area contributed by atoms with Gasteiger partial charge in [-0.1, -0.05) is 24.3 Å². The topological polar surface area (TPSA) is 97.2 Å². The van der Waals surface area contributed by atoms with E-state index in [1.54, 1.807) is 48.5 Å². The second-order valence-electron chi connectivity index (χ2n) is 7.85. The number of hydrogen-bond donors (Lipinski definition) is 1. The van der Waals surface area contributed by atoms with Crippen LogP contribution >= 0.6 is 0 Å². The van der Waals surface area contributed by atoms with Gasteiger partial charge in [0, 0.05) is 12.1 Å². The fourth-order valence-electron chi connectivity index (χ4n) is 4.17. The van der Waals surface area contributed by atoms with Gasteiger partial charge in [0.15, 0.2) is 0 Å². The monoisotopic (exact) mass is 415 g/mol. The van der Waals surface area contributed by atoms with Crippen molar-refractivity contribution in [1.29, 1.82) is 0 Å². The molecular weight excluding hydrogens is 394 g/mol. The summed E-state index contributed by atoms with van der Waals surface area (Å²) >= 11 is 0. The zero-order valence-corrected chi connectivity index (χ0v) is 17.0. The molecule has 0 aliphatic carbocycles. The van der Waals surface area contributed by atoms with Crippen molar-refractivity contribution in [2.45, 2.75) is 38.9 Å². The first kappa shape index (κ1) is 19.2. The molecule has 8 nitrogen and oxygen atoms in total. The molecule has 0 radical (unpaired) electrons. The van der Waals surface area contributed by atoms with Gasteiger partial charge in [-0.15, -0.1) is 0 Å². The molecule has 1 atom stereocenters. The minimum absolute atomic E-state index is 0.166. The third-order valence-electron chi connectivity index (χ3n) is 5.72. The van der Waals surface area contributed by atoms with Gasteiger partial charge in [0.2, 0.25) is 0 Å². The van der Waals surface area contributed by atoms with Crippen LogP contribution in [0.5, 0.6) is 0 Å². The second-order valence-corrected chi connectivity index (χ2v) is 7.85. The Morgan fingerprint density at radius 1 is 1.06 bits per heavy atom. The standard InChI is InChI=1S/C23H21N5O3/c1-14-24-20-19(7-4-12-28(20)26-14)25-21(29)16-10-8-15(9-11-16)13-27-22(30)17-5-2-3-6-18(17)23(27)31/h2-3,5-6,8-11,19H,4,7,12-13H2,1H3,(H,25,29). The Labute approximate surface area is 178 Å². The third-order valence-corrected chi connectivity index (χ3v) is 5.72. The molecule has 0 bridgehead atoms. The molecule has 5 rings (SSSR count). The van der Waals surface area contributed by atoms with Crippen LogP contribution in [0.2, 0.25) is 0 Å². The van der Waals surface area contributed by atoms with Crippen LogP contribution in [-0.4, -0.2) is 37.4 Å². The maximum absolute atomic E-state index is 12.8. The Hall–Kier alpha value is -3.81. The summed E-state index contributed by atoms with van der Waals surface area (Å²) in [5, 5.41) is 7.41. The number of fused-ring (bicyclic) bond motifs is 2. The van der Waals surface area contributed by atoms with Crippen LogP contribution in [-0.2, 0) is 13.1 Å². The van der Waals surface area contributed by atoms with E-state index in [4.69, 9.17) is 0 Å². The Balaban J connectivity index is 1.27. The minimum atomic E-state index is -0.292. The van der Waals surface area contributed by atoms with Crippen LogP contribution in [0.25, 0.3) is 0 Å². The quantitative estimate of drug-likeness (QED) is 0.661. The summed E-state index contributed by atoms with van der Waals surface area (Å²) in [6, 6.07) is 13.6. The van der Waals surface area contributed by atoms with Gasteiger partial charge in [0.25, 0.3) is 17.7 Å². The largest absolute Gasteiger partial charge is 0.342 e. The predicted octanol–water partition coefficient (Wildman–Crippen LogP) is 2.65. The fourth-order valence-corrected chi connectivity index (χ4v) is 4.17. The van der Waals surface area contributed by atoms with Crippen LogP contribution in [0.4, 0.5) is 0 Å². The van der Waals surface area contributed by atoms with Gasteiger partial charge in [0.1, 0.15) is 11.6 Å². The summed E-state index contributed by atoms with van der Waals surface area (Å²) in [7, 11) is 0. The van der Waals surface area contributed by atoms with Crippen LogP contribution in [0.15, 0.2) is 48.5 Å². The van der Waals surface area contributed by atoms with Gasteiger partial charge >= 0.3 is 0 Å². The lowest BCUT2D eigenvalue weighted by Gasteiger charge is -2.23. The van der Waals surface area contributed by atoms with E-state index in [2.05, 4.69) is 15.4 Å². The van der Waals surface area contributed by atoms with Gasteiger partial charge in [0.05, 0.1) is 23.7 Å². The number of imide groups is 1. The normalized spacial score (nSPS) is 17.5. The van der Waals surface area contributed by atoms with E-state index >= 15 is 0 Å². The molecule has 0 fully saturated rings. The van der Waals surface area contributed by atoms with Crippen molar-refractivity contribution in [3.63, 3.8) is 0 Å². The highest BCUT2D eigenvalue weighted by atomic mass is 16.2. The highest BCUT2D eigenvalue weighted by Crippen LogP contribution is 2.25. The number of amides is 3. The summed E-state index contributed by atoms with van der Waals surface area (Å²) in [4.78, 5) is 43.5. The summed E-state index contributed by atoms with van der Waals surface area (Å²) in [5.74, 6) is 0.720. The number of nitrogens with one attached hydrogen (secondary N) is 1. The first-order valence-electron chi connectivity index (χ1n) is 10.3. The van der Waals surface area contributed by atoms with Gasteiger partial charge in [-0.2, -0.15) is 5.10 Å². The number of hydrogen-bond acceptors (Lipinski definition) is 5. The first-order valence-corrected chi connectivity index (χ1v) is 10.3. The van der Waals surface area contributed by atoms with E-state index in [0.29, 0.717) is 22.5 Å². The molecule has 2 aliphatic heterocycles. The number of aromatic nitrogens is 3. The van der Waals surface area contributed by atoms with Crippen LogP contribution < -0.4 is 5.32 Å². The number of carbonyl (C=O) groups excluding carboxylic acids is 3. The molecule has 2 aliphatic rings.